The van der Waals surface area contributed by atoms with Gasteiger partial charge in [0, 0.05) is 17.8 Å². The molecule has 0 spiro atoms. The Labute approximate surface area is 71.0 Å². The van der Waals surface area contributed by atoms with E-state index >= 15 is 0 Å². The molecule has 0 aliphatic rings. The molecule has 1 rings (SSSR count). The molecule has 1 aromatic heterocycles. The minimum Gasteiger partial charge on any atom is -0.369 e. The molecule has 0 atom stereocenters. The van der Waals surface area contributed by atoms with Crippen molar-refractivity contribution < 1.29 is 0 Å². The van der Waals surface area contributed by atoms with E-state index in [0.717, 1.165) is 5.69 Å². The highest BCUT2D eigenvalue weighted by Crippen LogP contribution is 2.10. The van der Waals surface area contributed by atoms with E-state index in [4.69, 9.17) is 5.73 Å². The molecule has 0 amide bonds. The van der Waals surface area contributed by atoms with Crippen LogP contribution < -0.4 is 11.3 Å². The van der Waals surface area contributed by atoms with Crippen LogP contribution in [0, 0.1) is 6.92 Å². The van der Waals surface area contributed by atoms with Gasteiger partial charge in [0.1, 0.15) is 0 Å². The number of hydrogen-bond acceptors (Lipinski definition) is 3. The molecule has 0 aliphatic heterocycles. The van der Waals surface area contributed by atoms with Gasteiger partial charge in [-0.25, -0.2) is 0 Å². The van der Waals surface area contributed by atoms with Crippen LogP contribution in [-0.2, 0) is 0 Å². The molecule has 2 N–H and O–H groups in total. The lowest BCUT2D eigenvalue weighted by Gasteiger charge is -2.15. The minimum absolute atomic E-state index is 0.234. The highest BCUT2D eigenvalue weighted by molar-refractivity contribution is 5.21. The van der Waals surface area contributed by atoms with Crippen molar-refractivity contribution in [3.8, 4) is 0 Å². The number of rotatable bonds is 1. The first-order valence-corrected chi connectivity index (χ1v) is 3.88. The molecule has 0 saturated carbocycles. The maximum atomic E-state index is 10.9. The van der Waals surface area contributed by atoms with Crippen LogP contribution in [-0.4, -0.2) is 9.55 Å². The number of nitrogens with zero attached hydrogens (tertiary/aromatic N) is 2. The topological polar surface area (TPSA) is 60.9 Å². The highest BCUT2D eigenvalue weighted by Gasteiger charge is 2.05. The van der Waals surface area contributed by atoms with E-state index < -0.39 is 0 Å². The van der Waals surface area contributed by atoms with Gasteiger partial charge in [-0.3, -0.25) is 4.79 Å². The van der Waals surface area contributed by atoms with Crippen LogP contribution in [0.5, 0.6) is 0 Å². The van der Waals surface area contributed by atoms with Crippen molar-refractivity contribution in [1.82, 2.24) is 9.55 Å². The van der Waals surface area contributed by atoms with Gasteiger partial charge in [0.25, 0.3) is 5.56 Å². The molecule has 0 unspecified atom stereocenters. The van der Waals surface area contributed by atoms with Crippen LogP contribution in [0.25, 0.3) is 0 Å². The van der Waals surface area contributed by atoms with Gasteiger partial charge in [-0.2, -0.15) is 4.98 Å². The molecule has 0 saturated heterocycles. The Hall–Kier alpha value is -1.32. The van der Waals surface area contributed by atoms with E-state index in [9.17, 15) is 4.79 Å². The maximum Gasteiger partial charge on any atom is 0.274 e. The average molecular weight is 167 g/mol. The fourth-order valence-corrected chi connectivity index (χ4v) is 1.30. The lowest BCUT2D eigenvalue weighted by molar-refractivity contribution is 0.578. The SMILES string of the molecule is Cc1cc(=O)nc(N)n1C(C)C. The van der Waals surface area contributed by atoms with E-state index in [1.807, 2.05) is 25.3 Å². The van der Waals surface area contributed by atoms with Crippen molar-refractivity contribution in [3.63, 3.8) is 0 Å². The third-order valence-electron chi connectivity index (χ3n) is 1.70. The largest absolute Gasteiger partial charge is 0.369 e. The van der Waals surface area contributed by atoms with Crippen molar-refractivity contribution >= 4 is 5.95 Å². The predicted molar refractivity (Wildman–Crippen MR) is 48.0 cm³/mol. The summed E-state index contributed by atoms with van der Waals surface area (Å²) in [6.45, 7) is 5.84. The molecule has 12 heavy (non-hydrogen) atoms. The Balaban J connectivity index is 3.38. The minimum atomic E-state index is -0.276. The van der Waals surface area contributed by atoms with Crippen molar-refractivity contribution in [2.75, 3.05) is 5.73 Å². The number of nitrogen functional groups attached to an aromatic ring is 1. The number of aryl methyl sites for hydroxylation is 1. The first-order chi connectivity index (χ1) is 5.52. The van der Waals surface area contributed by atoms with Gasteiger partial charge in [-0.1, -0.05) is 0 Å². The van der Waals surface area contributed by atoms with E-state index in [1.54, 1.807) is 0 Å². The lowest BCUT2D eigenvalue weighted by Crippen LogP contribution is -2.19. The Morgan fingerprint density at radius 3 is 2.58 bits per heavy atom. The van der Waals surface area contributed by atoms with Gasteiger partial charge in [-0.15, -0.1) is 0 Å². The molecule has 4 heteroatoms. The van der Waals surface area contributed by atoms with Crippen molar-refractivity contribution in [2.24, 2.45) is 0 Å². The van der Waals surface area contributed by atoms with Crippen LogP contribution in [0.1, 0.15) is 25.6 Å². The summed E-state index contributed by atoms with van der Waals surface area (Å²) in [6.07, 6.45) is 0. The number of hydrogen-bond donors (Lipinski definition) is 1. The highest BCUT2D eigenvalue weighted by atomic mass is 16.1. The average Bonchev–Trinajstić information content (AvgIpc) is 1.82. The van der Waals surface area contributed by atoms with Crippen molar-refractivity contribution in [2.45, 2.75) is 26.8 Å². The number of nitrogens with two attached hydrogens (primary N) is 1. The van der Waals surface area contributed by atoms with E-state index in [2.05, 4.69) is 4.98 Å². The molecule has 66 valence electrons. The van der Waals surface area contributed by atoms with Crippen molar-refractivity contribution in [1.29, 1.82) is 0 Å². The Kier molecular flexibility index (Phi) is 2.17. The lowest BCUT2D eigenvalue weighted by atomic mass is 10.3. The zero-order valence-corrected chi connectivity index (χ0v) is 7.53. The fourth-order valence-electron chi connectivity index (χ4n) is 1.30. The molecular formula is C8H13N3O. The molecule has 0 fully saturated rings. The Morgan fingerprint density at radius 2 is 2.17 bits per heavy atom. The maximum absolute atomic E-state index is 10.9. The van der Waals surface area contributed by atoms with Gasteiger partial charge in [0.2, 0.25) is 5.95 Å². The van der Waals surface area contributed by atoms with Crippen LogP contribution in [0.4, 0.5) is 5.95 Å². The zero-order valence-electron chi connectivity index (χ0n) is 7.53. The van der Waals surface area contributed by atoms with Gasteiger partial charge >= 0.3 is 0 Å². The standard InChI is InChI=1S/C8H13N3O/c1-5(2)11-6(3)4-7(12)10-8(11)9/h4-5H,1-3H3,(H2,9,10,12). The van der Waals surface area contributed by atoms with Crippen LogP contribution in [0.2, 0.25) is 0 Å². The van der Waals surface area contributed by atoms with Gasteiger partial charge in [0.15, 0.2) is 0 Å². The Bertz CT molecular complexity index is 314. The number of anilines is 1. The summed E-state index contributed by atoms with van der Waals surface area (Å²) in [4.78, 5) is 14.5. The second-order valence-electron chi connectivity index (χ2n) is 3.06. The molecule has 4 nitrogen and oxygen atoms in total. The molecule has 0 radical (unpaired) electrons. The van der Waals surface area contributed by atoms with Gasteiger partial charge in [-0.05, 0) is 20.8 Å². The molecule has 0 aromatic carbocycles. The third kappa shape index (κ3) is 1.47. The van der Waals surface area contributed by atoms with E-state index in [0.29, 0.717) is 0 Å². The normalized spacial score (nSPS) is 10.7. The summed E-state index contributed by atoms with van der Waals surface area (Å²) in [5.74, 6) is 0.287. The van der Waals surface area contributed by atoms with Crippen LogP contribution in [0.15, 0.2) is 10.9 Å². The fraction of sp³-hybridized carbons (Fsp3) is 0.500. The monoisotopic (exact) mass is 167 g/mol. The summed E-state index contributed by atoms with van der Waals surface area (Å²) >= 11 is 0. The van der Waals surface area contributed by atoms with Gasteiger partial charge in [0.05, 0.1) is 0 Å². The second-order valence-corrected chi connectivity index (χ2v) is 3.06. The summed E-state index contributed by atoms with van der Waals surface area (Å²) in [5, 5.41) is 0. The third-order valence-corrected chi connectivity index (χ3v) is 1.70. The Morgan fingerprint density at radius 1 is 1.58 bits per heavy atom. The molecular weight excluding hydrogens is 154 g/mol. The smallest absolute Gasteiger partial charge is 0.274 e. The van der Waals surface area contributed by atoms with Crippen molar-refractivity contribution in [3.05, 3.63) is 22.1 Å². The summed E-state index contributed by atoms with van der Waals surface area (Å²) in [5.41, 5.74) is 6.15. The predicted octanol–water partition coefficient (Wildman–Crippen LogP) is 0.715. The summed E-state index contributed by atoms with van der Waals surface area (Å²) in [6, 6.07) is 1.72. The van der Waals surface area contributed by atoms with E-state index in [-0.39, 0.29) is 17.5 Å². The van der Waals surface area contributed by atoms with Crippen LogP contribution >= 0.6 is 0 Å². The quantitative estimate of drug-likeness (QED) is 0.670. The van der Waals surface area contributed by atoms with E-state index in [1.165, 1.54) is 6.07 Å². The second kappa shape index (κ2) is 2.97. The zero-order chi connectivity index (χ0) is 9.30. The molecule has 1 heterocycles. The summed E-state index contributed by atoms with van der Waals surface area (Å²) < 4.78 is 1.82. The molecule has 0 aliphatic carbocycles. The molecule has 0 bridgehead atoms. The summed E-state index contributed by atoms with van der Waals surface area (Å²) in [7, 11) is 0. The van der Waals surface area contributed by atoms with Crippen LogP contribution in [0.3, 0.4) is 0 Å². The van der Waals surface area contributed by atoms with Gasteiger partial charge < -0.3 is 10.3 Å². The number of aromatic nitrogens is 2. The first kappa shape index (κ1) is 8.77. The first-order valence-electron chi connectivity index (χ1n) is 3.88. The molecule has 1 aromatic rings.